The van der Waals surface area contributed by atoms with Crippen LogP contribution >= 0.6 is 11.8 Å². The molecule has 1 fully saturated rings. The van der Waals surface area contributed by atoms with Gasteiger partial charge in [-0.25, -0.2) is 4.98 Å². The van der Waals surface area contributed by atoms with Crippen molar-refractivity contribution in [3.63, 3.8) is 0 Å². The second kappa shape index (κ2) is 7.87. The third-order valence-corrected chi connectivity index (χ3v) is 5.13. The SMILES string of the molecule is CC[C@H](C)NC(=O)CSc1cc(C(=O)NC2CC2)c2ccccc2n1. The number of thioether (sulfide) groups is 1. The summed E-state index contributed by atoms with van der Waals surface area (Å²) in [5.41, 5.74) is 1.40. The minimum atomic E-state index is -0.0630. The number of nitrogens with zero attached hydrogens (tertiary/aromatic N) is 1. The number of carbonyl (C=O) groups excluding carboxylic acids is 2. The number of amides is 2. The number of nitrogens with one attached hydrogen (secondary N) is 2. The molecule has 0 unspecified atom stereocenters. The number of aromatic nitrogens is 1. The average molecular weight is 357 g/mol. The van der Waals surface area contributed by atoms with Crippen molar-refractivity contribution in [3.05, 3.63) is 35.9 Å². The highest BCUT2D eigenvalue weighted by Crippen LogP contribution is 2.26. The van der Waals surface area contributed by atoms with E-state index in [1.165, 1.54) is 11.8 Å². The van der Waals surface area contributed by atoms with Crippen LogP contribution in [0.5, 0.6) is 0 Å². The van der Waals surface area contributed by atoms with E-state index in [0.717, 1.165) is 30.2 Å². The van der Waals surface area contributed by atoms with Crippen LogP contribution in [0.25, 0.3) is 10.9 Å². The van der Waals surface area contributed by atoms with Gasteiger partial charge in [0, 0.05) is 17.5 Å². The van der Waals surface area contributed by atoms with E-state index in [9.17, 15) is 9.59 Å². The topological polar surface area (TPSA) is 71.1 Å². The number of fused-ring (bicyclic) bond motifs is 1. The van der Waals surface area contributed by atoms with Crippen LogP contribution in [0.3, 0.4) is 0 Å². The first kappa shape index (κ1) is 17.7. The van der Waals surface area contributed by atoms with Crippen molar-refractivity contribution >= 4 is 34.5 Å². The van der Waals surface area contributed by atoms with Crippen LogP contribution in [-0.2, 0) is 4.79 Å². The molecule has 1 aromatic carbocycles. The Bertz CT molecular complexity index is 789. The van der Waals surface area contributed by atoms with Gasteiger partial charge >= 0.3 is 0 Å². The largest absolute Gasteiger partial charge is 0.353 e. The van der Waals surface area contributed by atoms with E-state index in [4.69, 9.17) is 0 Å². The Kier molecular flexibility index (Phi) is 5.58. The van der Waals surface area contributed by atoms with Crippen LogP contribution in [0.2, 0.25) is 0 Å². The van der Waals surface area contributed by atoms with Gasteiger partial charge in [-0.3, -0.25) is 9.59 Å². The highest BCUT2D eigenvalue weighted by Gasteiger charge is 2.25. The first-order valence-electron chi connectivity index (χ1n) is 8.69. The summed E-state index contributed by atoms with van der Waals surface area (Å²) < 4.78 is 0. The van der Waals surface area contributed by atoms with Gasteiger partial charge in [0.1, 0.15) is 0 Å². The first-order valence-corrected chi connectivity index (χ1v) is 9.68. The molecule has 1 aliphatic rings. The zero-order valence-corrected chi connectivity index (χ0v) is 15.4. The molecule has 1 saturated carbocycles. The van der Waals surface area contributed by atoms with Gasteiger partial charge < -0.3 is 10.6 Å². The highest BCUT2D eigenvalue weighted by atomic mass is 32.2. The van der Waals surface area contributed by atoms with E-state index in [1.54, 1.807) is 6.07 Å². The minimum Gasteiger partial charge on any atom is -0.353 e. The summed E-state index contributed by atoms with van der Waals surface area (Å²) in [4.78, 5) is 29.1. The van der Waals surface area contributed by atoms with Crippen LogP contribution in [0.15, 0.2) is 35.4 Å². The molecule has 132 valence electrons. The van der Waals surface area contributed by atoms with Gasteiger partial charge in [-0.1, -0.05) is 36.9 Å². The number of hydrogen-bond donors (Lipinski definition) is 2. The molecule has 1 aromatic heterocycles. The number of para-hydroxylation sites is 1. The predicted molar refractivity (Wildman–Crippen MR) is 101 cm³/mol. The van der Waals surface area contributed by atoms with E-state index in [1.807, 2.05) is 38.1 Å². The summed E-state index contributed by atoms with van der Waals surface area (Å²) in [7, 11) is 0. The van der Waals surface area contributed by atoms with Gasteiger partial charge in [-0.15, -0.1) is 0 Å². The molecule has 1 heterocycles. The first-order chi connectivity index (χ1) is 12.1. The summed E-state index contributed by atoms with van der Waals surface area (Å²) >= 11 is 1.36. The van der Waals surface area contributed by atoms with E-state index >= 15 is 0 Å². The molecule has 0 bridgehead atoms. The lowest BCUT2D eigenvalue weighted by Gasteiger charge is -2.12. The van der Waals surface area contributed by atoms with Crippen molar-refractivity contribution in [3.8, 4) is 0 Å². The van der Waals surface area contributed by atoms with Crippen molar-refractivity contribution in [1.82, 2.24) is 15.6 Å². The van der Waals surface area contributed by atoms with E-state index < -0.39 is 0 Å². The molecule has 0 spiro atoms. The van der Waals surface area contributed by atoms with Gasteiger partial charge in [0.15, 0.2) is 0 Å². The van der Waals surface area contributed by atoms with Gasteiger partial charge in [0.2, 0.25) is 5.91 Å². The number of pyridine rings is 1. The Labute approximate surface area is 152 Å². The van der Waals surface area contributed by atoms with Gasteiger partial charge in [0.25, 0.3) is 5.91 Å². The average Bonchev–Trinajstić information content (AvgIpc) is 3.43. The summed E-state index contributed by atoms with van der Waals surface area (Å²) in [6, 6.07) is 9.88. The molecule has 3 rings (SSSR count). The van der Waals surface area contributed by atoms with Crippen molar-refractivity contribution in [1.29, 1.82) is 0 Å². The van der Waals surface area contributed by atoms with E-state index in [2.05, 4.69) is 15.6 Å². The Morgan fingerprint density at radius 3 is 2.80 bits per heavy atom. The Morgan fingerprint density at radius 2 is 2.08 bits per heavy atom. The van der Waals surface area contributed by atoms with Crippen LogP contribution in [-0.4, -0.2) is 34.6 Å². The fourth-order valence-corrected chi connectivity index (χ4v) is 3.19. The van der Waals surface area contributed by atoms with Gasteiger partial charge in [-0.2, -0.15) is 0 Å². The predicted octanol–water partition coefficient (Wildman–Crippen LogP) is 3.13. The smallest absolute Gasteiger partial charge is 0.252 e. The summed E-state index contributed by atoms with van der Waals surface area (Å²) in [5, 5.41) is 7.51. The fraction of sp³-hybridized carbons (Fsp3) is 0.421. The highest BCUT2D eigenvalue weighted by molar-refractivity contribution is 7.99. The molecule has 1 atom stereocenters. The van der Waals surface area contributed by atoms with E-state index in [0.29, 0.717) is 22.4 Å². The molecular weight excluding hydrogens is 334 g/mol. The third-order valence-electron chi connectivity index (χ3n) is 4.22. The van der Waals surface area contributed by atoms with E-state index in [-0.39, 0.29) is 17.9 Å². The molecule has 0 radical (unpaired) electrons. The van der Waals surface area contributed by atoms with Crippen LogP contribution in [0.4, 0.5) is 0 Å². The lowest BCUT2D eigenvalue weighted by atomic mass is 10.1. The second-order valence-electron chi connectivity index (χ2n) is 6.44. The quantitative estimate of drug-likeness (QED) is 0.747. The minimum absolute atomic E-state index is 0.0155. The summed E-state index contributed by atoms with van der Waals surface area (Å²) in [5.74, 6) is 0.213. The van der Waals surface area contributed by atoms with Crippen LogP contribution in [0, 0.1) is 0 Å². The third kappa shape index (κ3) is 4.72. The maximum absolute atomic E-state index is 12.6. The zero-order valence-electron chi connectivity index (χ0n) is 14.5. The summed E-state index contributed by atoms with van der Waals surface area (Å²) in [6.45, 7) is 4.02. The van der Waals surface area contributed by atoms with Crippen LogP contribution in [0.1, 0.15) is 43.5 Å². The number of rotatable bonds is 7. The molecule has 5 nitrogen and oxygen atoms in total. The molecule has 0 aliphatic heterocycles. The summed E-state index contributed by atoms with van der Waals surface area (Å²) in [6.07, 6.45) is 2.99. The van der Waals surface area contributed by atoms with Crippen molar-refractivity contribution in [2.75, 3.05) is 5.75 Å². The number of carbonyl (C=O) groups is 2. The monoisotopic (exact) mass is 357 g/mol. The lowest BCUT2D eigenvalue weighted by Crippen LogP contribution is -2.33. The fourth-order valence-electron chi connectivity index (χ4n) is 2.46. The Hall–Kier alpha value is -2.08. The lowest BCUT2D eigenvalue weighted by molar-refractivity contribution is -0.119. The van der Waals surface area contributed by atoms with Crippen molar-refractivity contribution < 1.29 is 9.59 Å². The normalized spacial score (nSPS) is 15.0. The molecule has 0 saturated heterocycles. The number of hydrogen-bond acceptors (Lipinski definition) is 4. The standard InChI is InChI=1S/C19H23N3O2S/c1-3-12(2)20-17(23)11-25-18-10-15(19(24)21-13-8-9-13)14-6-4-5-7-16(14)22-18/h4-7,10,12-13H,3,8-9,11H2,1-2H3,(H,20,23)(H,21,24)/t12-/m0/s1. The number of benzene rings is 1. The van der Waals surface area contributed by atoms with Gasteiger partial charge in [0.05, 0.1) is 21.9 Å². The van der Waals surface area contributed by atoms with Crippen molar-refractivity contribution in [2.45, 2.75) is 50.2 Å². The second-order valence-corrected chi connectivity index (χ2v) is 7.43. The molecule has 6 heteroatoms. The maximum Gasteiger partial charge on any atom is 0.252 e. The molecule has 2 N–H and O–H groups in total. The Balaban J connectivity index is 1.78. The molecule has 2 amide bonds. The van der Waals surface area contributed by atoms with Crippen LogP contribution < -0.4 is 10.6 Å². The zero-order chi connectivity index (χ0) is 17.8. The molecule has 2 aromatic rings. The van der Waals surface area contributed by atoms with Gasteiger partial charge in [-0.05, 0) is 38.3 Å². The maximum atomic E-state index is 12.6. The Morgan fingerprint density at radius 1 is 1.32 bits per heavy atom. The molecular formula is C19H23N3O2S. The van der Waals surface area contributed by atoms with Crippen molar-refractivity contribution in [2.24, 2.45) is 0 Å². The molecule has 25 heavy (non-hydrogen) atoms. The molecule has 1 aliphatic carbocycles.